The predicted octanol–water partition coefficient (Wildman–Crippen LogP) is 3.34. The van der Waals surface area contributed by atoms with E-state index in [9.17, 15) is 14.7 Å². The zero-order valence-corrected chi connectivity index (χ0v) is 15.0. The Kier molecular flexibility index (Phi) is 7.07. The van der Waals surface area contributed by atoms with Crippen molar-refractivity contribution in [1.29, 1.82) is 0 Å². The third-order valence-corrected chi connectivity index (χ3v) is 3.23. The molecular weight excluding hydrogens is 310 g/mol. The van der Waals surface area contributed by atoms with Crippen LogP contribution in [-0.4, -0.2) is 47.4 Å². The molecule has 6 heteroatoms. The lowest BCUT2D eigenvalue weighted by Crippen LogP contribution is -2.46. The summed E-state index contributed by atoms with van der Waals surface area (Å²) in [6, 6.07) is 6.24. The third kappa shape index (κ3) is 6.48. The Balaban J connectivity index is 2.86. The smallest absolute Gasteiger partial charge is 0.410 e. The van der Waals surface area contributed by atoms with Gasteiger partial charge in [0.05, 0.1) is 6.61 Å². The molecule has 0 bridgehead atoms. The summed E-state index contributed by atoms with van der Waals surface area (Å²) in [5, 5.41) is 9.48. The molecule has 0 radical (unpaired) electrons. The Labute approximate surface area is 143 Å². The number of benzene rings is 1. The zero-order valence-electron chi connectivity index (χ0n) is 15.0. The monoisotopic (exact) mass is 337 g/mol. The van der Waals surface area contributed by atoms with Crippen molar-refractivity contribution in [3.05, 3.63) is 29.8 Å². The molecule has 0 aliphatic heterocycles. The topological polar surface area (TPSA) is 76.1 Å². The Morgan fingerprint density at radius 2 is 1.96 bits per heavy atom. The fourth-order valence-corrected chi connectivity index (χ4v) is 2.06. The molecule has 0 unspecified atom stereocenters. The van der Waals surface area contributed by atoms with E-state index in [1.807, 2.05) is 25.1 Å². The highest BCUT2D eigenvalue weighted by atomic mass is 16.6. The van der Waals surface area contributed by atoms with Gasteiger partial charge in [-0.05, 0) is 44.9 Å². The van der Waals surface area contributed by atoms with Crippen molar-refractivity contribution in [1.82, 2.24) is 4.90 Å². The maximum absolute atomic E-state index is 12.1. The Morgan fingerprint density at radius 3 is 2.50 bits per heavy atom. The first-order valence-electron chi connectivity index (χ1n) is 8.04. The van der Waals surface area contributed by atoms with Crippen molar-refractivity contribution in [2.75, 3.05) is 13.7 Å². The van der Waals surface area contributed by atoms with Gasteiger partial charge in [0.25, 0.3) is 0 Å². The molecule has 0 saturated carbocycles. The highest BCUT2D eigenvalue weighted by Gasteiger charge is 2.30. The molecule has 0 fully saturated rings. The van der Waals surface area contributed by atoms with Crippen LogP contribution < -0.4 is 4.74 Å². The highest BCUT2D eigenvalue weighted by Crippen LogP contribution is 2.18. The van der Waals surface area contributed by atoms with Crippen molar-refractivity contribution in [2.24, 2.45) is 0 Å². The third-order valence-electron chi connectivity index (χ3n) is 3.23. The van der Waals surface area contributed by atoms with Crippen LogP contribution in [0.2, 0.25) is 0 Å². The Bertz CT molecular complexity index is 565. The molecule has 6 nitrogen and oxygen atoms in total. The number of rotatable bonds is 7. The van der Waals surface area contributed by atoms with Gasteiger partial charge in [-0.3, -0.25) is 4.90 Å². The van der Waals surface area contributed by atoms with Gasteiger partial charge < -0.3 is 14.6 Å². The molecule has 1 atom stereocenters. The normalized spacial score (nSPS) is 12.4. The second-order valence-electron chi connectivity index (χ2n) is 6.65. The van der Waals surface area contributed by atoms with Gasteiger partial charge in [-0.15, -0.1) is 0 Å². The van der Waals surface area contributed by atoms with Crippen molar-refractivity contribution in [3.8, 4) is 5.75 Å². The van der Waals surface area contributed by atoms with Crippen LogP contribution in [0.25, 0.3) is 0 Å². The van der Waals surface area contributed by atoms with Gasteiger partial charge in [0.15, 0.2) is 0 Å². The van der Waals surface area contributed by atoms with E-state index in [0.29, 0.717) is 12.4 Å². The lowest BCUT2D eigenvalue weighted by atomic mass is 10.0. The van der Waals surface area contributed by atoms with Gasteiger partial charge in [-0.2, -0.15) is 0 Å². The minimum atomic E-state index is -1.08. The van der Waals surface area contributed by atoms with E-state index >= 15 is 0 Å². The highest BCUT2D eigenvalue weighted by molar-refractivity contribution is 5.80. The van der Waals surface area contributed by atoms with Crippen molar-refractivity contribution >= 4 is 12.1 Å². The number of amides is 1. The second kappa shape index (κ2) is 8.57. The van der Waals surface area contributed by atoms with Gasteiger partial charge in [0.2, 0.25) is 0 Å². The van der Waals surface area contributed by atoms with Crippen LogP contribution in [0.3, 0.4) is 0 Å². The molecule has 1 aromatic rings. The lowest BCUT2D eigenvalue weighted by molar-refractivity contribution is -0.142. The summed E-state index contributed by atoms with van der Waals surface area (Å²) in [6.45, 7) is 7.83. The molecule has 1 rings (SSSR count). The van der Waals surface area contributed by atoms with E-state index < -0.39 is 23.7 Å². The van der Waals surface area contributed by atoms with E-state index in [-0.39, 0.29) is 6.42 Å². The summed E-state index contributed by atoms with van der Waals surface area (Å²) in [6.07, 6.45) is 0.408. The molecule has 1 N–H and O–H groups in total. The number of carboxylic acid groups (broad SMARTS) is 1. The molecule has 1 aromatic carbocycles. The first kappa shape index (κ1) is 19.8. The largest absolute Gasteiger partial charge is 0.494 e. The van der Waals surface area contributed by atoms with E-state index in [1.165, 1.54) is 7.05 Å². The first-order chi connectivity index (χ1) is 11.1. The van der Waals surface area contributed by atoms with E-state index in [2.05, 4.69) is 0 Å². The van der Waals surface area contributed by atoms with Gasteiger partial charge in [-0.25, -0.2) is 9.59 Å². The summed E-state index contributed by atoms with van der Waals surface area (Å²) in [5.41, 5.74) is 0.105. The number of hydrogen-bond acceptors (Lipinski definition) is 4. The molecule has 0 saturated heterocycles. The Morgan fingerprint density at radius 1 is 1.29 bits per heavy atom. The van der Waals surface area contributed by atoms with Crippen LogP contribution in [0.1, 0.15) is 39.7 Å². The number of carbonyl (C=O) groups excluding carboxylic acids is 1. The number of hydrogen-bond donors (Lipinski definition) is 1. The minimum absolute atomic E-state index is 0.175. The molecule has 0 aliphatic rings. The van der Waals surface area contributed by atoms with Gasteiger partial charge in [0, 0.05) is 13.5 Å². The minimum Gasteiger partial charge on any atom is -0.494 e. The molecule has 0 aliphatic carbocycles. The standard InChI is InChI=1S/C18H27NO5/c1-6-10-23-14-9-7-8-13(11-14)12-15(16(20)21)19(5)17(22)24-18(2,3)4/h7-9,11,15H,6,10,12H2,1-5H3,(H,20,21)/t15-/m0/s1. The molecule has 134 valence electrons. The maximum Gasteiger partial charge on any atom is 0.410 e. The van der Waals surface area contributed by atoms with Crippen molar-refractivity contribution in [3.63, 3.8) is 0 Å². The summed E-state index contributed by atoms with van der Waals surface area (Å²) in [4.78, 5) is 24.8. The zero-order chi connectivity index (χ0) is 18.3. The van der Waals surface area contributed by atoms with Crippen LogP contribution in [0.4, 0.5) is 4.79 Å². The van der Waals surface area contributed by atoms with Crippen LogP contribution in [0, 0.1) is 0 Å². The number of nitrogens with zero attached hydrogens (tertiary/aromatic N) is 1. The summed E-state index contributed by atoms with van der Waals surface area (Å²) in [5.74, 6) is -0.387. The average molecular weight is 337 g/mol. The molecule has 0 heterocycles. The Hall–Kier alpha value is -2.24. The van der Waals surface area contributed by atoms with Crippen LogP contribution in [0.5, 0.6) is 5.75 Å². The van der Waals surface area contributed by atoms with E-state index in [0.717, 1.165) is 16.9 Å². The number of ether oxygens (including phenoxy) is 2. The molecule has 0 aromatic heterocycles. The number of aliphatic carboxylic acids is 1. The number of carbonyl (C=O) groups is 2. The van der Waals surface area contributed by atoms with Gasteiger partial charge in [0.1, 0.15) is 17.4 Å². The SMILES string of the molecule is CCCOc1cccc(C[C@@H](C(=O)O)N(C)C(=O)OC(C)(C)C)c1. The molecule has 0 spiro atoms. The number of likely N-dealkylation sites (N-methyl/N-ethyl adjacent to an activating group) is 1. The lowest BCUT2D eigenvalue weighted by Gasteiger charge is -2.28. The van der Waals surface area contributed by atoms with Gasteiger partial charge >= 0.3 is 12.1 Å². The fourth-order valence-electron chi connectivity index (χ4n) is 2.06. The van der Waals surface area contributed by atoms with Crippen LogP contribution >= 0.6 is 0 Å². The van der Waals surface area contributed by atoms with Crippen molar-refractivity contribution < 1.29 is 24.2 Å². The average Bonchev–Trinajstić information content (AvgIpc) is 2.48. The summed E-state index contributed by atoms with van der Waals surface area (Å²) >= 11 is 0. The van der Waals surface area contributed by atoms with E-state index in [1.54, 1.807) is 26.8 Å². The second-order valence-corrected chi connectivity index (χ2v) is 6.65. The van der Waals surface area contributed by atoms with Crippen LogP contribution in [-0.2, 0) is 16.0 Å². The molecule has 1 amide bonds. The molecular formula is C18H27NO5. The van der Waals surface area contributed by atoms with Crippen molar-refractivity contribution in [2.45, 2.75) is 52.2 Å². The first-order valence-corrected chi connectivity index (χ1v) is 8.04. The van der Waals surface area contributed by atoms with Crippen LogP contribution in [0.15, 0.2) is 24.3 Å². The summed E-state index contributed by atoms with van der Waals surface area (Å²) < 4.78 is 10.8. The number of carboxylic acids is 1. The quantitative estimate of drug-likeness (QED) is 0.826. The fraction of sp³-hybridized carbons (Fsp3) is 0.556. The molecule has 24 heavy (non-hydrogen) atoms. The van der Waals surface area contributed by atoms with E-state index in [4.69, 9.17) is 9.47 Å². The predicted molar refractivity (Wildman–Crippen MR) is 91.4 cm³/mol. The summed E-state index contributed by atoms with van der Waals surface area (Å²) in [7, 11) is 1.43. The van der Waals surface area contributed by atoms with Gasteiger partial charge in [-0.1, -0.05) is 19.1 Å². The maximum atomic E-state index is 12.1.